The molecule has 7 nitrogen and oxygen atoms in total. The zero-order chi connectivity index (χ0) is 25.3. The average molecular weight is 716 g/mol. The number of carbonyl (C=O) groups is 1. The van der Waals surface area contributed by atoms with Gasteiger partial charge in [0.15, 0.2) is 4.80 Å². The van der Waals surface area contributed by atoms with Gasteiger partial charge in [0, 0.05) is 14.7 Å². The highest BCUT2D eigenvalue weighted by molar-refractivity contribution is 14.1. The van der Waals surface area contributed by atoms with Crippen LogP contribution in [0.5, 0.6) is 11.5 Å². The smallest absolute Gasteiger partial charge is 0.338 e. The van der Waals surface area contributed by atoms with Gasteiger partial charge in [-0.15, -0.1) is 0 Å². The van der Waals surface area contributed by atoms with Crippen LogP contribution in [0.15, 0.2) is 57.5 Å². The molecule has 1 aromatic heterocycles. The lowest BCUT2D eigenvalue weighted by molar-refractivity contribution is -0.139. The van der Waals surface area contributed by atoms with E-state index < -0.39 is 12.0 Å². The van der Waals surface area contributed by atoms with Gasteiger partial charge < -0.3 is 14.2 Å². The monoisotopic (exact) mass is 716 g/mol. The first-order chi connectivity index (χ1) is 16.8. The molecule has 0 N–H and O–H groups in total. The molecule has 1 aliphatic heterocycles. The van der Waals surface area contributed by atoms with E-state index in [4.69, 9.17) is 14.2 Å². The summed E-state index contributed by atoms with van der Waals surface area (Å²) in [4.78, 5) is 32.0. The van der Waals surface area contributed by atoms with Crippen LogP contribution < -0.4 is 24.4 Å². The molecule has 0 aliphatic carbocycles. The summed E-state index contributed by atoms with van der Waals surface area (Å²) in [5.74, 6) is 0.756. The van der Waals surface area contributed by atoms with Crippen molar-refractivity contribution in [2.75, 3.05) is 20.8 Å². The Labute approximate surface area is 233 Å². The lowest BCUT2D eigenvalue weighted by atomic mass is 9.95. The summed E-state index contributed by atoms with van der Waals surface area (Å²) in [6.07, 6.45) is 1.82. The van der Waals surface area contributed by atoms with Crippen molar-refractivity contribution >= 4 is 68.6 Å². The molecule has 0 fully saturated rings. The van der Waals surface area contributed by atoms with Gasteiger partial charge in [0.05, 0.1) is 40.2 Å². The number of ether oxygens (including phenoxy) is 3. The minimum Gasteiger partial charge on any atom is -0.496 e. The highest BCUT2D eigenvalue weighted by atomic mass is 127. The second-order valence-corrected chi connectivity index (χ2v) is 11.0. The van der Waals surface area contributed by atoms with E-state index in [2.05, 4.69) is 50.2 Å². The lowest BCUT2D eigenvalue weighted by Crippen LogP contribution is -2.40. The fourth-order valence-corrected chi connectivity index (χ4v) is 7.17. The quantitative estimate of drug-likeness (QED) is 0.285. The maximum Gasteiger partial charge on any atom is 0.338 e. The predicted octanol–water partition coefficient (Wildman–Crippen LogP) is 4.02. The Morgan fingerprint density at radius 2 is 1.94 bits per heavy atom. The SMILES string of the molecule is CCOC(=O)C1=C(C)N=c2s/c(=C\c3cc(I)cc(I)c3OC)c(=O)n2[C@@H]1c1ccccc1OC. The third-order valence-corrected chi connectivity index (χ3v) is 7.89. The molecule has 4 rings (SSSR count). The lowest BCUT2D eigenvalue weighted by Gasteiger charge is -2.25. The first kappa shape index (κ1) is 25.9. The summed E-state index contributed by atoms with van der Waals surface area (Å²) < 4.78 is 20.6. The number of thiazole rings is 1. The Morgan fingerprint density at radius 1 is 1.20 bits per heavy atom. The van der Waals surface area contributed by atoms with Gasteiger partial charge in [0.1, 0.15) is 17.5 Å². The highest BCUT2D eigenvalue weighted by Gasteiger charge is 2.35. The number of aromatic nitrogens is 1. The van der Waals surface area contributed by atoms with Crippen LogP contribution in [0.1, 0.15) is 31.0 Å². The van der Waals surface area contributed by atoms with E-state index in [1.54, 1.807) is 32.6 Å². The predicted molar refractivity (Wildman–Crippen MR) is 152 cm³/mol. The number of hydrogen-bond acceptors (Lipinski definition) is 7. The van der Waals surface area contributed by atoms with Crippen LogP contribution in [0.3, 0.4) is 0 Å². The van der Waals surface area contributed by atoms with E-state index >= 15 is 0 Å². The molecule has 0 amide bonds. The highest BCUT2D eigenvalue weighted by Crippen LogP contribution is 2.35. The number of benzene rings is 2. The molecule has 35 heavy (non-hydrogen) atoms. The Hall–Kier alpha value is -2.19. The minimum atomic E-state index is -0.735. The van der Waals surface area contributed by atoms with Crippen LogP contribution in [0.4, 0.5) is 0 Å². The van der Waals surface area contributed by atoms with Gasteiger partial charge in [-0.25, -0.2) is 9.79 Å². The van der Waals surface area contributed by atoms with E-state index in [1.807, 2.05) is 42.5 Å². The second kappa shape index (κ2) is 10.8. The van der Waals surface area contributed by atoms with Gasteiger partial charge in [-0.3, -0.25) is 9.36 Å². The van der Waals surface area contributed by atoms with Crippen molar-refractivity contribution in [2.45, 2.75) is 19.9 Å². The topological polar surface area (TPSA) is 79.1 Å². The third-order valence-electron chi connectivity index (χ3n) is 5.48. The van der Waals surface area contributed by atoms with E-state index in [9.17, 15) is 9.59 Å². The van der Waals surface area contributed by atoms with Gasteiger partial charge in [0.2, 0.25) is 0 Å². The summed E-state index contributed by atoms with van der Waals surface area (Å²) in [6.45, 7) is 3.72. The van der Waals surface area contributed by atoms with Gasteiger partial charge in [-0.05, 0) is 83.3 Å². The van der Waals surface area contributed by atoms with Crippen LogP contribution >= 0.6 is 56.5 Å². The van der Waals surface area contributed by atoms with E-state index in [1.165, 1.54) is 11.3 Å². The molecule has 3 aromatic rings. The van der Waals surface area contributed by atoms with E-state index in [0.717, 1.165) is 12.7 Å². The number of allylic oxidation sites excluding steroid dienone is 1. The zero-order valence-corrected chi connectivity index (χ0v) is 24.6. The van der Waals surface area contributed by atoms with E-state index in [-0.39, 0.29) is 12.2 Å². The summed E-state index contributed by atoms with van der Waals surface area (Å²) in [5.41, 5.74) is 2.05. The Morgan fingerprint density at radius 3 is 2.63 bits per heavy atom. The Kier molecular flexibility index (Phi) is 8.01. The minimum absolute atomic E-state index is 0.212. The molecular formula is C25H22I2N2O5S. The summed E-state index contributed by atoms with van der Waals surface area (Å²) >= 11 is 5.73. The fraction of sp³-hybridized carbons (Fsp3) is 0.240. The molecule has 182 valence electrons. The largest absolute Gasteiger partial charge is 0.496 e. The number of nitrogens with zero attached hydrogens (tertiary/aromatic N) is 2. The van der Waals surface area contributed by atoms with Crippen LogP contribution in [0, 0.1) is 7.14 Å². The second-order valence-electron chi connectivity index (χ2n) is 7.55. The van der Waals surface area contributed by atoms with Crippen LogP contribution in [-0.4, -0.2) is 31.4 Å². The normalized spacial score (nSPS) is 15.5. The van der Waals surface area contributed by atoms with E-state index in [0.29, 0.717) is 37.7 Å². The number of para-hydroxylation sites is 1. The van der Waals surface area contributed by atoms with Gasteiger partial charge in [-0.1, -0.05) is 29.5 Å². The maximum atomic E-state index is 13.8. The van der Waals surface area contributed by atoms with Crippen molar-refractivity contribution in [1.29, 1.82) is 0 Å². The third kappa shape index (κ3) is 4.92. The molecule has 0 unspecified atom stereocenters. The van der Waals surface area contributed by atoms with Crippen molar-refractivity contribution in [2.24, 2.45) is 4.99 Å². The number of methoxy groups -OCH3 is 2. The molecule has 0 saturated heterocycles. The molecule has 1 aliphatic rings. The van der Waals surface area contributed by atoms with Gasteiger partial charge in [-0.2, -0.15) is 0 Å². The molecule has 10 heteroatoms. The van der Waals surface area contributed by atoms with Crippen molar-refractivity contribution in [3.8, 4) is 11.5 Å². The Bertz CT molecular complexity index is 1520. The first-order valence-corrected chi connectivity index (χ1v) is 13.6. The number of carbonyl (C=O) groups excluding carboxylic acids is 1. The number of halogens is 2. The molecule has 0 saturated carbocycles. The Balaban J connectivity index is 2.02. The number of rotatable bonds is 6. The molecule has 0 radical (unpaired) electrons. The molecular weight excluding hydrogens is 694 g/mol. The first-order valence-electron chi connectivity index (χ1n) is 10.7. The van der Waals surface area contributed by atoms with Crippen LogP contribution in [-0.2, 0) is 9.53 Å². The van der Waals surface area contributed by atoms with Crippen LogP contribution in [0.2, 0.25) is 0 Å². The standard InChI is InChI=1S/C25H22I2N2O5S/c1-5-34-24(31)20-13(2)28-25-29(21(20)16-8-6-7-9-18(16)32-3)23(30)19(35-25)11-14-10-15(26)12-17(27)22(14)33-4/h6-12,21H,5H2,1-4H3/b19-11-/t21-/m1/s1. The average Bonchev–Trinajstić information content (AvgIpc) is 3.12. The summed E-state index contributed by atoms with van der Waals surface area (Å²) in [5, 5.41) is 0. The molecule has 2 heterocycles. The zero-order valence-electron chi connectivity index (χ0n) is 19.4. The number of fused-ring (bicyclic) bond motifs is 1. The summed E-state index contributed by atoms with van der Waals surface area (Å²) in [6, 6.07) is 10.6. The number of esters is 1. The molecule has 0 bridgehead atoms. The van der Waals surface area contributed by atoms with Gasteiger partial charge >= 0.3 is 5.97 Å². The van der Waals surface area contributed by atoms with Crippen molar-refractivity contribution < 1.29 is 19.0 Å². The molecule has 1 atom stereocenters. The molecule has 0 spiro atoms. The maximum absolute atomic E-state index is 13.8. The van der Waals surface area contributed by atoms with Crippen molar-refractivity contribution in [3.05, 3.63) is 85.6 Å². The van der Waals surface area contributed by atoms with Crippen molar-refractivity contribution in [1.82, 2.24) is 4.57 Å². The number of hydrogen-bond donors (Lipinski definition) is 0. The summed E-state index contributed by atoms with van der Waals surface area (Å²) in [7, 11) is 3.17. The molecule has 2 aromatic carbocycles. The fourth-order valence-electron chi connectivity index (χ4n) is 4.02. The van der Waals surface area contributed by atoms with Gasteiger partial charge in [0.25, 0.3) is 5.56 Å². The van der Waals surface area contributed by atoms with Crippen LogP contribution in [0.25, 0.3) is 6.08 Å². The van der Waals surface area contributed by atoms with Crippen molar-refractivity contribution in [3.63, 3.8) is 0 Å².